The van der Waals surface area contributed by atoms with Gasteiger partial charge in [-0.3, -0.25) is 4.99 Å². The Labute approximate surface area is 165 Å². The van der Waals surface area contributed by atoms with Crippen LogP contribution in [0.1, 0.15) is 37.8 Å². The number of likely N-dealkylation sites (tertiary alicyclic amines) is 1. The number of halogens is 1. The number of rotatable bonds is 4. The predicted molar refractivity (Wildman–Crippen MR) is 108 cm³/mol. The third-order valence-electron chi connectivity index (χ3n) is 4.73. The zero-order chi connectivity index (χ0) is 16.9. The Morgan fingerprint density at radius 3 is 2.96 bits per heavy atom. The molecule has 0 saturated carbocycles. The lowest BCUT2D eigenvalue weighted by Gasteiger charge is -2.39. The highest BCUT2D eigenvalue weighted by Crippen LogP contribution is 2.27. The predicted octanol–water partition coefficient (Wildman–Crippen LogP) is 2.71. The van der Waals surface area contributed by atoms with Gasteiger partial charge in [-0.1, -0.05) is 19.0 Å². The first-order valence-corrected chi connectivity index (χ1v) is 8.58. The molecule has 1 aliphatic heterocycles. The number of nitrogens with one attached hydrogen (secondary N) is 1. The first-order valence-electron chi connectivity index (χ1n) is 8.58. The van der Waals surface area contributed by atoms with Crippen molar-refractivity contribution >= 4 is 29.9 Å². The number of hydrogen-bond donors (Lipinski definition) is 1. The van der Waals surface area contributed by atoms with Gasteiger partial charge in [0.15, 0.2) is 11.7 Å². The van der Waals surface area contributed by atoms with Gasteiger partial charge < -0.3 is 19.3 Å². The highest BCUT2D eigenvalue weighted by molar-refractivity contribution is 14.0. The minimum Gasteiger partial charge on any atom is -0.359 e. The van der Waals surface area contributed by atoms with Crippen molar-refractivity contribution in [3.8, 4) is 0 Å². The maximum Gasteiger partial charge on any atom is 0.194 e. The van der Waals surface area contributed by atoms with Gasteiger partial charge in [0.1, 0.15) is 0 Å². The average molecular weight is 458 g/mol. The summed E-state index contributed by atoms with van der Waals surface area (Å²) >= 11 is 0. The second kappa shape index (κ2) is 9.21. The van der Waals surface area contributed by atoms with Crippen LogP contribution in [-0.2, 0) is 13.0 Å². The molecule has 1 fully saturated rings. The lowest BCUT2D eigenvalue weighted by molar-refractivity contribution is 0.188. The minimum absolute atomic E-state index is 0. The van der Waals surface area contributed by atoms with Crippen molar-refractivity contribution in [3.63, 3.8) is 0 Å². The number of aliphatic imine (C=N–C) groups is 1. The molecule has 3 heterocycles. The van der Waals surface area contributed by atoms with Crippen LogP contribution < -0.4 is 5.32 Å². The molecule has 2 aromatic rings. The summed E-state index contributed by atoms with van der Waals surface area (Å²) in [6.07, 6.45) is 7.80. The fraction of sp³-hybridized carbons (Fsp3) is 0.588. The summed E-state index contributed by atoms with van der Waals surface area (Å²) in [5.41, 5.74) is 0.980. The summed E-state index contributed by atoms with van der Waals surface area (Å²) in [5, 5.41) is 7.42. The first-order chi connectivity index (χ1) is 11.7. The molecule has 2 unspecified atom stereocenters. The van der Waals surface area contributed by atoms with Crippen molar-refractivity contribution in [1.29, 1.82) is 0 Å². The molecule has 2 aromatic heterocycles. The van der Waals surface area contributed by atoms with E-state index in [1.165, 1.54) is 0 Å². The monoisotopic (exact) mass is 458 g/mol. The lowest BCUT2D eigenvalue weighted by Crippen LogP contribution is -2.48. The van der Waals surface area contributed by atoms with E-state index < -0.39 is 0 Å². The second-order valence-electron chi connectivity index (χ2n) is 6.33. The molecule has 2 atom stereocenters. The molecule has 25 heavy (non-hydrogen) atoms. The van der Waals surface area contributed by atoms with Crippen molar-refractivity contribution in [2.24, 2.45) is 10.9 Å². The van der Waals surface area contributed by atoms with E-state index in [1.807, 2.05) is 31.8 Å². The fourth-order valence-corrected chi connectivity index (χ4v) is 3.20. The molecule has 7 nitrogen and oxygen atoms in total. The van der Waals surface area contributed by atoms with Crippen molar-refractivity contribution in [2.45, 2.75) is 39.3 Å². The zero-order valence-corrected chi connectivity index (χ0v) is 17.4. The number of aromatic nitrogens is 3. The summed E-state index contributed by atoms with van der Waals surface area (Å²) in [7, 11) is 1.82. The Bertz CT molecular complexity index is 668. The van der Waals surface area contributed by atoms with E-state index in [9.17, 15) is 0 Å². The quantitative estimate of drug-likeness (QED) is 0.434. The maximum absolute atomic E-state index is 5.34. The van der Waals surface area contributed by atoms with Crippen LogP contribution in [0.15, 0.2) is 34.3 Å². The van der Waals surface area contributed by atoms with Crippen LogP contribution in [0.3, 0.4) is 0 Å². The molecular formula is C17H27IN6O. The average Bonchev–Trinajstić information content (AvgIpc) is 3.28. The highest BCUT2D eigenvalue weighted by Gasteiger charge is 2.28. The molecule has 0 aromatic carbocycles. The maximum atomic E-state index is 5.34. The van der Waals surface area contributed by atoms with Crippen molar-refractivity contribution in [3.05, 3.63) is 36.2 Å². The molecule has 0 bridgehead atoms. The van der Waals surface area contributed by atoms with Crippen molar-refractivity contribution < 1.29 is 4.52 Å². The summed E-state index contributed by atoms with van der Waals surface area (Å²) in [5.74, 6) is 2.36. The smallest absolute Gasteiger partial charge is 0.194 e. The molecule has 0 amide bonds. The van der Waals surface area contributed by atoms with Gasteiger partial charge in [0.25, 0.3) is 0 Å². The second-order valence-corrected chi connectivity index (χ2v) is 6.33. The molecule has 8 heteroatoms. The number of guanidine groups is 1. The molecule has 0 spiro atoms. The normalized spacial score (nSPS) is 21.1. The van der Waals surface area contributed by atoms with E-state index in [2.05, 4.69) is 43.8 Å². The number of imidazole rings is 1. The topological polar surface area (TPSA) is 71.5 Å². The van der Waals surface area contributed by atoms with Crippen molar-refractivity contribution in [1.82, 2.24) is 24.9 Å². The van der Waals surface area contributed by atoms with Crippen LogP contribution in [0.4, 0.5) is 0 Å². The molecule has 3 rings (SSSR count). The van der Waals surface area contributed by atoms with Crippen LogP contribution in [0, 0.1) is 5.92 Å². The van der Waals surface area contributed by atoms with E-state index in [0.29, 0.717) is 18.5 Å². The number of aryl methyl sites for hydroxylation is 1. The molecule has 1 N–H and O–H groups in total. The molecular weight excluding hydrogens is 431 g/mol. The van der Waals surface area contributed by atoms with Gasteiger partial charge in [0.05, 0.1) is 24.6 Å². The van der Waals surface area contributed by atoms with Crippen LogP contribution in [0.5, 0.6) is 0 Å². The molecule has 1 aliphatic rings. The highest BCUT2D eigenvalue weighted by atomic mass is 127. The standard InChI is InChI=1S/C17H26N6O.HI/c1-4-14-9-15(24-21-14)10-20-17(18-3)22-7-5-13(2)16(11-22)23-8-6-19-12-23;/h6,8-9,12-13,16H,4-5,7,10-11H2,1-3H3,(H,18,20);1H. The third-order valence-corrected chi connectivity index (χ3v) is 4.73. The van der Waals surface area contributed by atoms with Crippen LogP contribution in [-0.4, -0.2) is 45.7 Å². The van der Waals surface area contributed by atoms with Crippen LogP contribution in [0.2, 0.25) is 0 Å². The summed E-state index contributed by atoms with van der Waals surface area (Å²) in [6.45, 7) is 6.90. The van der Waals surface area contributed by atoms with E-state index in [-0.39, 0.29) is 24.0 Å². The van der Waals surface area contributed by atoms with Gasteiger partial charge in [-0.2, -0.15) is 0 Å². The van der Waals surface area contributed by atoms with Gasteiger partial charge >= 0.3 is 0 Å². The summed E-state index contributed by atoms with van der Waals surface area (Å²) in [6, 6.07) is 2.41. The minimum atomic E-state index is 0. The van der Waals surface area contributed by atoms with Crippen LogP contribution in [0.25, 0.3) is 0 Å². The first kappa shape index (κ1) is 19.7. The van der Waals surface area contributed by atoms with Gasteiger partial charge in [0.2, 0.25) is 0 Å². The van der Waals surface area contributed by atoms with Crippen molar-refractivity contribution in [2.75, 3.05) is 20.1 Å². The molecule has 1 saturated heterocycles. The number of hydrogen-bond acceptors (Lipinski definition) is 4. The van der Waals surface area contributed by atoms with Gasteiger partial charge in [0, 0.05) is 38.6 Å². The molecule has 138 valence electrons. The van der Waals surface area contributed by atoms with Gasteiger partial charge in [-0.15, -0.1) is 24.0 Å². The van der Waals surface area contributed by atoms with Gasteiger partial charge in [-0.05, 0) is 18.8 Å². The van der Waals surface area contributed by atoms with E-state index in [0.717, 1.165) is 43.3 Å². The number of piperidine rings is 1. The Balaban J connectivity index is 0.00000225. The Morgan fingerprint density at radius 1 is 1.48 bits per heavy atom. The zero-order valence-electron chi connectivity index (χ0n) is 15.1. The fourth-order valence-electron chi connectivity index (χ4n) is 3.20. The SMILES string of the molecule is CCc1cc(CNC(=NC)N2CCC(C)C(n3ccnc3)C2)on1.I. The van der Waals surface area contributed by atoms with E-state index in [1.54, 1.807) is 0 Å². The van der Waals surface area contributed by atoms with Gasteiger partial charge in [-0.25, -0.2) is 4.98 Å². The molecule has 0 radical (unpaired) electrons. The Hall–Kier alpha value is -1.58. The largest absolute Gasteiger partial charge is 0.359 e. The van der Waals surface area contributed by atoms with Crippen LogP contribution >= 0.6 is 24.0 Å². The summed E-state index contributed by atoms with van der Waals surface area (Å²) < 4.78 is 7.54. The number of nitrogens with zero attached hydrogens (tertiary/aromatic N) is 5. The third kappa shape index (κ3) is 4.74. The van der Waals surface area contributed by atoms with E-state index in [4.69, 9.17) is 4.52 Å². The summed E-state index contributed by atoms with van der Waals surface area (Å²) in [4.78, 5) is 10.9. The lowest BCUT2D eigenvalue weighted by atomic mass is 9.93. The Morgan fingerprint density at radius 2 is 2.32 bits per heavy atom. The Kier molecular flexibility index (Phi) is 7.27. The molecule has 0 aliphatic carbocycles. The van der Waals surface area contributed by atoms with E-state index >= 15 is 0 Å².